The van der Waals surface area contributed by atoms with Crippen molar-refractivity contribution in [3.05, 3.63) is 76.6 Å². The van der Waals surface area contributed by atoms with Crippen LogP contribution in [0.2, 0.25) is 0 Å². The Hall–Kier alpha value is -2.59. The van der Waals surface area contributed by atoms with Crippen LogP contribution in [0, 0.1) is 0 Å². The van der Waals surface area contributed by atoms with Gasteiger partial charge in [-0.15, -0.1) is 0 Å². The SMILES string of the molecule is CN(CCCOc1cc2ccccc2oc1=O)Cc1ccccc1. The summed E-state index contributed by atoms with van der Waals surface area (Å²) in [6.45, 7) is 2.29. The molecule has 0 bridgehead atoms. The first-order valence-electron chi connectivity index (χ1n) is 8.10. The number of para-hydroxylation sites is 1. The summed E-state index contributed by atoms with van der Waals surface area (Å²) in [6.07, 6.45) is 0.843. The minimum absolute atomic E-state index is 0.277. The van der Waals surface area contributed by atoms with Crippen LogP contribution in [0.1, 0.15) is 12.0 Å². The summed E-state index contributed by atoms with van der Waals surface area (Å²) in [5.41, 5.74) is 1.44. The molecule has 0 aliphatic heterocycles. The van der Waals surface area contributed by atoms with Gasteiger partial charge in [-0.3, -0.25) is 0 Å². The van der Waals surface area contributed by atoms with Crippen LogP contribution >= 0.6 is 0 Å². The lowest BCUT2D eigenvalue weighted by Gasteiger charge is -2.16. The van der Waals surface area contributed by atoms with Crippen LogP contribution in [0.3, 0.4) is 0 Å². The number of rotatable bonds is 7. The van der Waals surface area contributed by atoms with Crippen molar-refractivity contribution in [2.75, 3.05) is 20.2 Å². The van der Waals surface area contributed by atoms with Crippen molar-refractivity contribution in [2.24, 2.45) is 0 Å². The maximum Gasteiger partial charge on any atom is 0.379 e. The zero-order valence-electron chi connectivity index (χ0n) is 13.8. The van der Waals surface area contributed by atoms with E-state index in [-0.39, 0.29) is 5.75 Å². The average Bonchev–Trinajstić information content (AvgIpc) is 2.60. The number of benzene rings is 2. The van der Waals surface area contributed by atoms with Crippen LogP contribution in [0.5, 0.6) is 5.75 Å². The van der Waals surface area contributed by atoms with Gasteiger partial charge in [0.25, 0.3) is 0 Å². The fraction of sp³-hybridized carbons (Fsp3) is 0.250. The number of hydrogen-bond acceptors (Lipinski definition) is 4. The van der Waals surface area contributed by atoms with Crippen molar-refractivity contribution < 1.29 is 9.15 Å². The minimum atomic E-state index is -0.425. The fourth-order valence-corrected chi connectivity index (χ4v) is 2.63. The van der Waals surface area contributed by atoms with Crippen LogP contribution in [0.15, 0.2) is 69.9 Å². The van der Waals surface area contributed by atoms with E-state index in [0.717, 1.165) is 24.9 Å². The molecule has 2 aromatic carbocycles. The lowest BCUT2D eigenvalue weighted by Crippen LogP contribution is -2.21. The maximum atomic E-state index is 11.9. The number of nitrogens with zero attached hydrogens (tertiary/aromatic N) is 1. The first-order valence-corrected chi connectivity index (χ1v) is 8.10. The second-order valence-electron chi connectivity index (χ2n) is 5.86. The maximum absolute atomic E-state index is 11.9. The van der Waals surface area contributed by atoms with Gasteiger partial charge in [0.2, 0.25) is 5.75 Å². The molecule has 1 heterocycles. The first-order chi connectivity index (χ1) is 11.7. The molecule has 0 saturated carbocycles. The number of fused-ring (bicyclic) bond motifs is 1. The number of hydrogen-bond donors (Lipinski definition) is 0. The summed E-state index contributed by atoms with van der Waals surface area (Å²) >= 11 is 0. The van der Waals surface area contributed by atoms with E-state index in [4.69, 9.17) is 9.15 Å². The molecule has 0 aliphatic rings. The molecular formula is C20H21NO3. The van der Waals surface area contributed by atoms with Crippen molar-refractivity contribution in [2.45, 2.75) is 13.0 Å². The fourth-order valence-electron chi connectivity index (χ4n) is 2.63. The van der Waals surface area contributed by atoms with E-state index in [1.165, 1.54) is 5.56 Å². The Morgan fingerprint density at radius 2 is 1.79 bits per heavy atom. The van der Waals surface area contributed by atoms with Gasteiger partial charge in [-0.2, -0.15) is 0 Å². The predicted molar refractivity (Wildman–Crippen MR) is 95.4 cm³/mol. The third-order valence-corrected chi connectivity index (χ3v) is 3.85. The van der Waals surface area contributed by atoms with Crippen LogP contribution < -0.4 is 10.4 Å². The van der Waals surface area contributed by atoms with Crippen LogP contribution in [0.25, 0.3) is 11.0 Å². The Labute approximate surface area is 141 Å². The Kier molecular flexibility index (Phi) is 5.29. The Morgan fingerprint density at radius 3 is 2.62 bits per heavy atom. The van der Waals surface area contributed by atoms with Gasteiger partial charge in [-0.25, -0.2) is 4.79 Å². The smallest absolute Gasteiger partial charge is 0.379 e. The largest absolute Gasteiger partial charge is 0.486 e. The molecule has 0 radical (unpaired) electrons. The molecule has 0 spiro atoms. The van der Waals surface area contributed by atoms with Gasteiger partial charge >= 0.3 is 5.63 Å². The van der Waals surface area contributed by atoms with Gasteiger partial charge in [0.15, 0.2) is 0 Å². The highest BCUT2D eigenvalue weighted by Gasteiger charge is 2.06. The van der Waals surface area contributed by atoms with Crippen LogP contribution in [-0.4, -0.2) is 25.1 Å². The average molecular weight is 323 g/mol. The minimum Gasteiger partial charge on any atom is -0.486 e. The predicted octanol–water partition coefficient (Wildman–Crippen LogP) is 3.69. The molecule has 124 valence electrons. The van der Waals surface area contributed by atoms with E-state index in [2.05, 4.69) is 24.1 Å². The lowest BCUT2D eigenvalue weighted by atomic mass is 10.2. The molecule has 3 aromatic rings. The normalized spacial score (nSPS) is 11.1. The topological polar surface area (TPSA) is 42.7 Å². The van der Waals surface area contributed by atoms with Crippen molar-refractivity contribution in [1.82, 2.24) is 4.90 Å². The monoisotopic (exact) mass is 323 g/mol. The Morgan fingerprint density at radius 1 is 1.04 bits per heavy atom. The summed E-state index contributed by atoms with van der Waals surface area (Å²) in [5, 5.41) is 0.869. The third kappa shape index (κ3) is 4.24. The molecular weight excluding hydrogens is 302 g/mol. The number of ether oxygens (including phenoxy) is 1. The van der Waals surface area contributed by atoms with Crippen molar-refractivity contribution in [1.29, 1.82) is 0 Å². The van der Waals surface area contributed by atoms with E-state index >= 15 is 0 Å². The molecule has 0 saturated heterocycles. The molecule has 0 fully saturated rings. The van der Waals surface area contributed by atoms with Crippen molar-refractivity contribution >= 4 is 11.0 Å². The van der Waals surface area contributed by atoms with E-state index in [1.807, 2.05) is 36.4 Å². The second-order valence-corrected chi connectivity index (χ2v) is 5.86. The molecule has 3 rings (SSSR count). The van der Waals surface area contributed by atoms with E-state index in [9.17, 15) is 4.79 Å². The van der Waals surface area contributed by atoms with Crippen LogP contribution in [0.4, 0.5) is 0 Å². The highest BCUT2D eigenvalue weighted by Crippen LogP contribution is 2.16. The van der Waals surface area contributed by atoms with Crippen LogP contribution in [-0.2, 0) is 6.54 Å². The molecule has 4 heteroatoms. The summed E-state index contributed by atoms with van der Waals surface area (Å²) in [5.74, 6) is 0.277. The zero-order valence-corrected chi connectivity index (χ0v) is 13.8. The van der Waals surface area contributed by atoms with E-state index in [1.54, 1.807) is 12.1 Å². The quantitative estimate of drug-likeness (QED) is 0.491. The third-order valence-electron chi connectivity index (χ3n) is 3.85. The summed E-state index contributed by atoms with van der Waals surface area (Å²) in [6, 6.07) is 19.5. The van der Waals surface area contributed by atoms with Gasteiger partial charge in [-0.05, 0) is 31.2 Å². The van der Waals surface area contributed by atoms with E-state index in [0.29, 0.717) is 12.2 Å². The molecule has 0 aliphatic carbocycles. The highest BCUT2D eigenvalue weighted by atomic mass is 16.5. The summed E-state index contributed by atoms with van der Waals surface area (Å²) in [7, 11) is 2.08. The van der Waals surface area contributed by atoms with Crippen molar-refractivity contribution in [3.63, 3.8) is 0 Å². The van der Waals surface area contributed by atoms with E-state index < -0.39 is 5.63 Å². The zero-order chi connectivity index (χ0) is 16.8. The van der Waals surface area contributed by atoms with Gasteiger partial charge in [-0.1, -0.05) is 48.5 Å². The second kappa shape index (κ2) is 7.79. The summed E-state index contributed by atoms with van der Waals surface area (Å²) in [4.78, 5) is 14.1. The van der Waals surface area contributed by atoms with Gasteiger partial charge < -0.3 is 14.1 Å². The van der Waals surface area contributed by atoms with Gasteiger partial charge in [0.1, 0.15) is 5.58 Å². The van der Waals surface area contributed by atoms with Gasteiger partial charge in [0.05, 0.1) is 6.61 Å². The van der Waals surface area contributed by atoms with Gasteiger partial charge in [0, 0.05) is 18.5 Å². The molecule has 0 atom stereocenters. The molecule has 0 amide bonds. The summed E-state index contributed by atoms with van der Waals surface area (Å²) < 4.78 is 10.9. The molecule has 0 N–H and O–H groups in total. The van der Waals surface area contributed by atoms with Crippen molar-refractivity contribution in [3.8, 4) is 5.75 Å². The molecule has 24 heavy (non-hydrogen) atoms. The Bertz CT molecular complexity index is 842. The Balaban J connectivity index is 1.50. The molecule has 0 unspecified atom stereocenters. The molecule has 1 aromatic heterocycles. The standard InChI is InChI=1S/C20H21NO3/c1-21(15-16-8-3-2-4-9-16)12-7-13-23-19-14-17-10-5-6-11-18(17)24-20(19)22/h2-6,8-11,14H,7,12-13,15H2,1H3. The molecule has 4 nitrogen and oxygen atoms in total. The first kappa shape index (κ1) is 16.3. The lowest BCUT2D eigenvalue weighted by molar-refractivity contribution is 0.252. The highest BCUT2D eigenvalue weighted by molar-refractivity contribution is 5.77.